The van der Waals surface area contributed by atoms with Crippen molar-refractivity contribution >= 4 is 11.7 Å². The summed E-state index contributed by atoms with van der Waals surface area (Å²) in [6.07, 6.45) is 1.22. The number of halogens is 1. The van der Waals surface area contributed by atoms with E-state index in [1.54, 1.807) is 0 Å². The molecule has 2 aliphatic rings. The maximum absolute atomic E-state index is 13.3. The third-order valence-electron chi connectivity index (χ3n) is 4.91. The number of morpholine rings is 1. The fourth-order valence-electron chi connectivity index (χ4n) is 3.80. The van der Waals surface area contributed by atoms with E-state index in [1.807, 2.05) is 35.8 Å². The molecule has 0 saturated carbocycles. The summed E-state index contributed by atoms with van der Waals surface area (Å²) < 4.78 is 19.3. The first-order valence-electron chi connectivity index (χ1n) is 8.68. The molecule has 26 heavy (non-hydrogen) atoms. The number of hydrogen-bond donors (Lipinski definition) is 0. The SMILES string of the molecule is Cc1cc(C)cc(C(=O)N2CCOC3(C2)CN(c2cc(F)ncn2)C3)c1. The van der Waals surface area contributed by atoms with Crippen molar-refractivity contribution in [2.24, 2.45) is 0 Å². The lowest BCUT2D eigenvalue weighted by atomic mass is 9.91. The molecule has 1 spiro atoms. The van der Waals surface area contributed by atoms with E-state index in [2.05, 4.69) is 16.0 Å². The number of hydrogen-bond acceptors (Lipinski definition) is 5. The summed E-state index contributed by atoms with van der Waals surface area (Å²) in [4.78, 5) is 24.3. The summed E-state index contributed by atoms with van der Waals surface area (Å²) in [5.41, 5.74) is 2.47. The lowest BCUT2D eigenvalue weighted by molar-refractivity contribution is -0.114. The first-order chi connectivity index (χ1) is 12.4. The van der Waals surface area contributed by atoms with Crippen LogP contribution in [0.4, 0.5) is 10.2 Å². The number of aromatic nitrogens is 2. The second-order valence-electron chi connectivity index (χ2n) is 7.19. The minimum absolute atomic E-state index is 0.0333. The van der Waals surface area contributed by atoms with Crippen LogP contribution in [0.15, 0.2) is 30.6 Å². The fraction of sp³-hybridized carbons (Fsp3) is 0.421. The highest BCUT2D eigenvalue weighted by Crippen LogP contribution is 2.32. The average molecular weight is 356 g/mol. The zero-order valence-electron chi connectivity index (χ0n) is 14.9. The van der Waals surface area contributed by atoms with Crippen molar-refractivity contribution in [2.45, 2.75) is 19.4 Å². The van der Waals surface area contributed by atoms with Gasteiger partial charge in [-0.1, -0.05) is 17.2 Å². The van der Waals surface area contributed by atoms with Gasteiger partial charge in [-0.3, -0.25) is 4.79 Å². The molecule has 0 bridgehead atoms. The molecule has 1 aromatic heterocycles. The van der Waals surface area contributed by atoms with Crippen LogP contribution >= 0.6 is 0 Å². The van der Waals surface area contributed by atoms with Crippen LogP contribution in [-0.4, -0.2) is 59.2 Å². The molecule has 3 heterocycles. The number of benzene rings is 1. The van der Waals surface area contributed by atoms with Crippen LogP contribution in [0.5, 0.6) is 0 Å². The lowest BCUT2D eigenvalue weighted by Crippen LogP contribution is -2.71. The molecule has 1 amide bonds. The summed E-state index contributed by atoms with van der Waals surface area (Å²) in [6.45, 7) is 6.77. The van der Waals surface area contributed by atoms with Crippen molar-refractivity contribution in [2.75, 3.05) is 37.7 Å². The van der Waals surface area contributed by atoms with E-state index in [0.717, 1.165) is 11.1 Å². The predicted molar refractivity (Wildman–Crippen MR) is 94.7 cm³/mol. The van der Waals surface area contributed by atoms with Crippen molar-refractivity contribution in [3.63, 3.8) is 0 Å². The normalized spacial score (nSPS) is 18.7. The molecule has 4 rings (SSSR count). The third kappa shape index (κ3) is 3.14. The maximum atomic E-state index is 13.3. The van der Waals surface area contributed by atoms with E-state index in [1.165, 1.54) is 12.4 Å². The third-order valence-corrected chi connectivity index (χ3v) is 4.91. The van der Waals surface area contributed by atoms with Crippen molar-refractivity contribution in [3.8, 4) is 0 Å². The Morgan fingerprint density at radius 2 is 1.85 bits per heavy atom. The van der Waals surface area contributed by atoms with Crippen LogP contribution in [0.1, 0.15) is 21.5 Å². The second-order valence-corrected chi connectivity index (χ2v) is 7.19. The summed E-state index contributed by atoms with van der Waals surface area (Å²) in [7, 11) is 0. The molecule has 2 fully saturated rings. The Balaban J connectivity index is 1.46. The van der Waals surface area contributed by atoms with Crippen molar-refractivity contribution in [1.82, 2.24) is 14.9 Å². The Morgan fingerprint density at radius 1 is 1.12 bits per heavy atom. The molecule has 2 saturated heterocycles. The van der Waals surface area contributed by atoms with Gasteiger partial charge in [0.15, 0.2) is 0 Å². The van der Waals surface area contributed by atoms with Crippen molar-refractivity contribution < 1.29 is 13.9 Å². The van der Waals surface area contributed by atoms with Gasteiger partial charge in [0.1, 0.15) is 17.7 Å². The molecule has 0 aliphatic carbocycles. The van der Waals surface area contributed by atoms with Crippen LogP contribution in [-0.2, 0) is 4.74 Å². The number of rotatable bonds is 2. The maximum Gasteiger partial charge on any atom is 0.254 e. The monoisotopic (exact) mass is 356 g/mol. The van der Waals surface area contributed by atoms with Gasteiger partial charge < -0.3 is 14.5 Å². The molecular formula is C19H21FN4O2. The molecule has 1 aromatic carbocycles. The standard InChI is InChI=1S/C19H21FN4O2/c1-13-5-14(2)7-15(6-13)18(25)23-3-4-26-19(9-23)10-24(11-19)17-8-16(20)21-12-22-17/h5-8,12H,3-4,9-11H2,1-2H3. The molecule has 0 unspecified atom stereocenters. The van der Waals surface area contributed by atoms with Gasteiger partial charge in [-0.2, -0.15) is 4.39 Å². The number of anilines is 1. The van der Waals surface area contributed by atoms with Gasteiger partial charge >= 0.3 is 0 Å². The van der Waals surface area contributed by atoms with E-state index in [9.17, 15) is 9.18 Å². The molecule has 0 atom stereocenters. The van der Waals surface area contributed by atoms with E-state index < -0.39 is 11.5 Å². The van der Waals surface area contributed by atoms with E-state index in [-0.39, 0.29) is 5.91 Å². The fourth-order valence-corrected chi connectivity index (χ4v) is 3.80. The number of carbonyl (C=O) groups excluding carboxylic acids is 1. The molecule has 136 valence electrons. The van der Waals surface area contributed by atoms with E-state index in [0.29, 0.717) is 44.2 Å². The minimum atomic E-state index is -0.549. The molecule has 2 aromatic rings. The van der Waals surface area contributed by atoms with Crippen LogP contribution in [0, 0.1) is 19.8 Å². The largest absolute Gasteiger partial charge is 0.368 e. The number of amides is 1. The van der Waals surface area contributed by atoms with E-state index >= 15 is 0 Å². The summed E-state index contributed by atoms with van der Waals surface area (Å²) in [5.74, 6) is 0.0302. The number of ether oxygens (including phenoxy) is 1. The van der Waals surface area contributed by atoms with Gasteiger partial charge in [0.05, 0.1) is 26.2 Å². The Kier molecular flexibility index (Phi) is 4.11. The average Bonchev–Trinajstić information content (AvgIpc) is 2.58. The Morgan fingerprint density at radius 3 is 2.54 bits per heavy atom. The zero-order chi connectivity index (χ0) is 18.3. The molecule has 0 radical (unpaired) electrons. The van der Waals surface area contributed by atoms with Gasteiger partial charge in [-0.15, -0.1) is 0 Å². The number of carbonyl (C=O) groups is 1. The molecule has 7 heteroatoms. The highest BCUT2D eigenvalue weighted by Gasteiger charge is 2.48. The van der Waals surface area contributed by atoms with Crippen LogP contribution in [0.3, 0.4) is 0 Å². The first kappa shape index (κ1) is 16.9. The van der Waals surface area contributed by atoms with Crippen molar-refractivity contribution in [1.29, 1.82) is 0 Å². The number of aryl methyl sites for hydroxylation is 2. The van der Waals surface area contributed by atoms with Crippen LogP contribution < -0.4 is 4.90 Å². The van der Waals surface area contributed by atoms with Gasteiger partial charge in [-0.25, -0.2) is 9.97 Å². The molecule has 6 nitrogen and oxygen atoms in total. The highest BCUT2D eigenvalue weighted by molar-refractivity contribution is 5.94. The molecule has 2 aliphatic heterocycles. The van der Waals surface area contributed by atoms with Gasteiger partial charge in [0.2, 0.25) is 5.95 Å². The summed E-state index contributed by atoms with van der Waals surface area (Å²) in [5, 5.41) is 0. The molecule has 0 N–H and O–H groups in total. The summed E-state index contributed by atoms with van der Waals surface area (Å²) >= 11 is 0. The lowest BCUT2D eigenvalue weighted by Gasteiger charge is -2.54. The molecular weight excluding hydrogens is 335 g/mol. The Hall–Kier alpha value is -2.54. The predicted octanol–water partition coefficient (Wildman–Crippen LogP) is 1.96. The van der Waals surface area contributed by atoms with Gasteiger partial charge in [0, 0.05) is 18.2 Å². The van der Waals surface area contributed by atoms with Crippen molar-refractivity contribution in [3.05, 3.63) is 53.2 Å². The second kappa shape index (κ2) is 6.32. The topological polar surface area (TPSA) is 58.6 Å². The summed E-state index contributed by atoms with van der Waals surface area (Å²) in [6, 6.07) is 7.22. The first-order valence-corrected chi connectivity index (χ1v) is 8.68. The number of nitrogens with zero attached hydrogens (tertiary/aromatic N) is 4. The minimum Gasteiger partial charge on any atom is -0.368 e. The zero-order valence-corrected chi connectivity index (χ0v) is 14.9. The van der Waals surface area contributed by atoms with Crippen LogP contribution in [0.25, 0.3) is 0 Å². The quantitative estimate of drug-likeness (QED) is 0.770. The van der Waals surface area contributed by atoms with E-state index in [4.69, 9.17) is 4.74 Å². The highest BCUT2D eigenvalue weighted by atomic mass is 19.1. The van der Waals surface area contributed by atoms with Gasteiger partial charge in [0.25, 0.3) is 5.91 Å². The Labute approximate surface area is 151 Å². The smallest absolute Gasteiger partial charge is 0.254 e. The van der Waals surface area contributed by atoms with Crippen LogP contribution in [0.2, 0.25) is 0 Å². The van der Waals surface area contributed by atoms with Gasteiger partial charge in [-0.05, 0) is 26.0 Å². The Bertz CT molecular complexity index is 831.